The summed E-state index contributed by atoms with van der Waals surface area (Å²) in [5.41, 5.74) is 5.22. The zero-order valence-electron chi connectivity index (χ0n) is 18.3. The second kappa shape index (κ2) is 8.61. The molecule has 0 spiro atoms. The van der Waals surface area contributed by atoms with Crippen molar-refractivity contribution in [1.29, 1.82) is 0 Å². The molecule has 1 heterocycles. The number of hydrogen-bond donors (Lipinski definition) is 2. The molecule has 2 N–H and O–H groups in total. The molecule has 1 fully saturated rings. The van der Waals surface area contributed by atoms with Crippen molar-refractivity contribution >= 4 is 5.97 Å². The number of cyclic esters (lactones) is 1. The molecular weight excluding hydrogens is 364 g/mol. The second-order valence-corrected chi connectivity index (χ2v) is 9.89. The molecule has 1 saturated carbocycles. The standard InChI is InChI=1S/C25H36O4/c1-17-9-12-21-24(2,3)13-6-14-25(21,4)20(17)11-10-18(16-26)7-5-8-19-15-22(27)29-23(19)28/h5,7-8,15,21,23,26,28H,6,9-14,16H2,1-4H3/b8-5-,18-7+/t21?,23?,25-/m1/s1. The Balaban J connectivity index is 1.71. The zero-order valence-corrected chi connectivity index (χ0v) is 18.3. The highest BCUT2D eigenvalue weighted by Crippen LogP contribution is 2.60. The monoisotopic (exact) mass is 400 g/mol. The largest absolute Gasteiger partial charge is 0.428 e. The Labute approximate surface area is 175 Å². The molecule has 0 bridgehead atoms. The van der Waals surface area contributed by atoms with Crippen LogP contribution in [0.4, 0.5) is 0 Å². The molecule has 3 atom stereocenters. The fourth-order valence-corrected chi connectivity index (χ4v) is 6.04. The normalized spacial score (nSPS) is 32.4. The zero-order chi connectivity index (χ0) is 21.2. The van der Waals surface area contributed by atoms with Gasteiger partial charge in [-0.25, -0.2) is 4.79 Å². The molecule has 0 radical (unpaired) electrons. The predicted molar refractivity (Wildman–Crippen MR) is 115 cm³/mol. The minimum absolute atomic E-state index is 0.0132. The van der Waals surface area contributed by atoms with Crippen molar-refractivity contribution in [2.45, 2.75) is 78.9 Å². The summed E-state index contributed by atoms with van der Waals surface area (Å²) in [6, 6.07) is 0. The number of carbonyl (C=O) groups is 1. The van der Waals surface area contributed by atoms with Gasteiger partial charge in [-0.2, -0.15) is 0 Å². The van der Waals surface area contributed by atoms with Crippen LogP contribution in [0.3, 0.4) is 0 Å². The number of esters is 1. The summed E-state index contributed by atoms with van der Waals surface area (Å²) in [5.74, 6) is 0.207. The van der Waals surface area contributed by atoms with Gasteiger partial charge in [-0.15, -0.1) is 0 Å². The van der Waals surface area contributed by atoms with Crippen LogP contribution in [0.15, 0.2) is 46.6 Å². The first kappa shape index (κ1) is 22.0. The van der Waals surface area contributed by atoms with Crippen molar-refractivity contribution in [2.24, 2.45) is 16.7 Å². The molecule has 4 nitrogen and oxygen atoms in total. The SMILES string of the molecule is CC1=C(CC/C(=C\C=C/C2=CC(=O)OC2O)CO)[C@@]2(C)CCCC(C)(C)C2CC1. The van der Waals surface area contributed by atoms with Gasteiger partial charge in [0.2, 0.25) is 6.29 Å². The Kier molecular flexibility index (Phi) is 6.54. The van der Waals surface area contributed by atoms with E-state index in [1.807, 2.05) is 6.08 Å². The van der Waals surface area contributed by atoms with E-state index in [4.69, 9.17) is 0 Å². The van der Waals surface area contributed by atoms with Gasteiger partial charge in [0.25, 0.3) is 0 Å². The number of ether oxygens (including phenoxy) is 1. The van der Waals surface area contributed by atoms with Crippen molar-refractivity contribution in [3.8, 4) is 0 Å². The number of aliphatic hydroxyl groups is 2. The van der Waals surface area contributed by atoms with Crippen molar-refractivity contribution in [2.75, 3.05) is 6.61 Å². The molecule has 0 aromatic carbocycles. The Morgan fingerprint density at radius 3 is 2.72 bits per heavy atom. The average molecular weight is 401 g/mol. The molecule has 2 unspecified atom stereocenters. The molecule has 1 aliphatic heterocycles. The summed E-state index contributed by atoms with van der Waals surface area (Å²) < 4.78 is 4.67. The third-order valence-corrected chi connectivity index (χ3v) is 7.56. The number of hydrogen-bond acceptors (Lipinski definition) is 4. The van der Waals surface area contributed by atoms with Crippen LogP contribution in [0, 0.1) is 16.7 Å². The van der Waals surface area contributed by atoms with E-state index in [9.17, 15) is 15.0 Å². The highest BCUT2D eigenvalue weighted by Gasteiger charge is 2.49. The maximum absolute atomic E-state index is 11.2. The Morgan fingerprint density at radius 1 is 1.31 bits per heavy atom. The summed E-state index contributed by atoms with van der Waals surface area (Å²) in [6.45, 7) is 9.67. The van der Waals surface area contributed by atoms with Crippen LogP contribution in [-0.4, -0.2) is 29.1 Å². The summed E-state index contributed by atoms with van der Waals surface area (Å²) in [6.07, 6.45) is 13.6. The van der Waals surface area contributed by atoms with Gasteiger partial charge in [0.05, 0.1) is 6.61 Å². The Hall–Kier alpha value is -1.65. The molecule has 0 saturated heterocycles. The topological polar surface area (TPSA) is 66.8 Å². The smallest absolute Gasteiger partial charge is 0.333 e. The lowest BCUT2D eigenvalue weighted by Gasteiger charge is -2.55. The lowest BCUT2D eigenvalue weighted by Crippen LogP contribution is -2.45. The van der Waals surface area contributed by atoms with Gasteiger partial charge in [0.1, 0.15) is 0 Å². The van der Waals surface area contributed by atoms with E-state index in [0.717, 1.165) is 24.3 Å². The molecule has 160 valence electrons. The molecule has 2 aliphatic carbocycles. The summed E-state index contributed by atoms with van der Waals surface area (Å²) >= 11 is 0. The van der Waals surface area contributed by atoms with Crippen LogP contribution >= 0.6 is 0 Å². The first-order valence-electron chi connectivity index (χ1n) is 10.9. The second-order valence-electron chi connectivity index (χ2n) is 9.89. The third-order valence-electron chi connectivity index (χ3n) is 7.56. The highest BCUT2D eigenvalue weighted by molar-refractivity contribution is 5.86. The summed E-state index contributed by atoms with van der Waals surface area (Å²) in [7, 11) is 0. The fourth-order valence-electron chi connectivity index (χ4n) is 6.04. The van der Waals surface area contributed by atoms with Crippen LogP contribution in [0.1, 0.15) is 72.6 Å². The van der Waals surface area contributed by atoms with Crippen molar-refractivity contribution in [1.82, 2.24) is 0 Å². The molecule has 3 aliphatic rings. The lowest BCUT2D eigenvalue weighted by molar-refractivity contribution is -0.150. The third kappa shape index (κ3) is 4.59. The van der Waals surface area contributed by atoms with Gasteiger partial charge >= 0.3 is 5.97 Å². The molecular formula is C25H36O4. The van der Waals surface area contributed by atoms with Crippen LogP contribution in [0.5, 0.6) is 0 Å². The average Bonchev–Trinajstić information content (AvgIpc) is 2.96. The minimum Gasteiger partial charge on any atom is -0.428 e. The Bertz CT molecular complexity index is 768. The maximum Gasteiger partial charge on any atom is 0.333 e. The first-order chi connectivity index (χ1) is 13.7. The highest BCUT2D eigenvalue weighted by atomic mass is 16.6. The fraction of sp³-hybridized carbons (Fsp3) is 0.640. The van der Waals surface area contributed by atoms with Gasteiger partial charge in [0, 0.05) is 11.6 Å². The number of allylic oxidation sites excluding steroid dienone is 4. The van der Waals surface area contributed by atoms with Gasteiger partial charge in [-0.1, -0.05) is 56.6 Å². The van der Waals surface area contributed by atoms with Crippen molar-refractivity contribution < 1.29 is 19.7 Å². The summed E-state index contributed by atoms with van der Waals surface area (Å²) in [5, 5.41) is 19.5. The van der Waals surface area contributed by atoms with Gasteiger partial charge < -0.3 is 14.9 Å². The molecule has 0 aromatic rings. The van der Waals surface area contributed by atoms with Crippen molar-refractivity contribution in [3.05, 3.63) is 46.6 Å². The van der Waals surface area contributed by atoms with E-state index in [1.54, 1.807) is 23.3 Å². The van der Waals surface area contributed by atoms with Gasteiger partial charge in [0.15, 0.2) is 0 Å². The lowest BCUT2D eigenvalue weighted by atomic mass is 9.50. The van der Waals surface area contributed by atoms with Crippen LogP contribution < -0.4 is 0 Å². The van der Waals surface area contributed by atoms with Crippen LogP contribution in [-0.2, 0) is 9.53 Å². The van der Waals surface area contributed by atoms with Crippen molar-refractivity contribution in [3.63, 3.8) is 0 Å². The van der Waals surface area contributed by atoms with Crippen LogP contribution in [0.2, 0.25) is 0 Å². The first-order valence-corrected chi connectivity index (χ1v) is 10.9. The molecule has 3 rings (SSSR count). The van der Waals surface area contributed by atoms with Gasteiger partial charge in [-0.3, -0.25) is 0 Å². The minimum atomic E-state index is -1.19. The number of aliphatic hydroxyl groups excluding tert-OH is 2. The number of fused-ring (bicyclic) bond motifs is 1. The van der Waals surface area contributed by atoms with E-state index in [0.29, 0.717) is 11.0 Å². The molecule has 4 heteroatoms. The molecule has 0 amide bonds. The quantitative estimate of drug-likeness (QED) is 0.375. The van der Waals surface area contributed by atoms with E-state index in [-0.39, 0.29) is 12.0 Å². The number of rotatable bonds is 6. The van der Waals surface area contributed by atoms with E-state index >= 15 is 0 Å². The van der Waals surface area contributed by atoms with E-state index in [2.05, 4.69) is 32.4 Å². The van der Waals surface area contributed by atoms with Crippen LogP contribution in [0.25, 0.3) is 0 Å². The van der Waals surface area contributed by atoms with E-state index in [1.165, 1.54) is 38.2 Å². The number of carbonyl (C=O) groups excluding carboxylic acids is 1. The maximum atomic E-state index is 11.2. The summed E-state index contributed by atoms with van der Waals surface area (Å²) in [4.78, 5) is 11.2. The molecule has 29 heavy (non-hydrogen) atoms. The van der Waals surface area contributed by atoms with Gasteiger partial charge in [-0.05, 0) is 67.8 Å². The van der Waals surface area contributed by atoms with E-state index < -0.39 is 12.3 Å². The predicted octanol–water partition coefficient (Wildman–Crippen LogP) is 4.99. The Morgan fingerprint density at radius 2 is 2.07 bits per heavy atom. The molecule has 0 aromatic heterocycles.